The second-order valence-electron chi connectivity index (χ2n) is 27.8. The molecule has 8 nitrogen and oxygen atoms in total. The summed E-state index contributed by atoms with van der Waals surface area (Å²) >= 11 is 0. The topological polar surface area (TPSA) is 25.9 Å². The molecule has 0 radical (unpaired) electrons. The molecule has 556 valence electrons. The number of nitrogens with zero attached hydrogens (tertiary/aromatic N) is 8. The average molecular weight is 1490 g/mol. The fourth-order valence-electron chi connectivity index (χ4n) is 15.0. The van der Waals surface area contributed by atoms with Crippen LogP contribution in [-0.2, 0) is 0 Å². The molecule has 18 rings (SSSR count). The standard InChI is InChI=1S/2C54H42N4/c1-7-20-43(21-8-1)55(44-22-9-2-10-23-44)49-34-38-51(39-35-49)57(47-28-15-5-16-29-47)53-32-19-33-54(42-53)58(48-30-17-6-18-31-48)52-40-36-50(37-41-52)56(45-24-11-3-12-25-45)46-26-13-4-14-27-46;1-7-19-43(20-8-1)55(44-21-9-2-10-22-44)49-31-35-51(36-32-49)57(47-27-15-5-16-28-47)53-39-41-54(42-40-53)58(48-29-17-6-18-30-48)52-37-33-50(34-38-52)56(45-23-11-3-12-24-45)46-25-13-4-14-26-46/h2*1-42H. The molecule has 0 aromatic heterocycles. The van der Waals surface area contributed by atoms with Crippen LogP contribution in [0.15, 0.2) is 510 Å². The highest BCUT2D eigenvalue weighted by atomic mass is 15.2. The van der Waals surface area contributed by atoms with Crippen molar-refractivity contribution < 1.29 is 0 Å². The van der Waals surface area contributed by atoms with E-state index in [1.807, 2.05) is 0 Å². The summed E-state index contributed by atoms with van der Waals surface area (Å²) in [5, 5.41) is 0. The molecule has 0 aliphatic carbocycles. The molecule has 8 heteroatoms. The first kappa shape index (κ1) is 73.2. The number of benzene rings is 18. The highest BCUT2D eigenvalue weighted by Crippen LogP contribution is 2.47. The minimum Gasteiger partial charge on any atom is -0.311 e. The first-order valence-corrected chi connectivity index (χ1v) is 39.2. The van der Waals surface area contributed by atoms with E-state index in [-0.39, 0.29) is 0 Å². The summed E-state index contributed by atoms with van der Waals surface area (Å²) in [6.07, 6.45) is 0. The molecule has 0 aliphatic heterocycles. The molecular formula is C108H84N8. The van der Waals surface area contributed by atoms with Gasteiger partial charge in [0.05, 0.1) is 0 Å². The van der Waals surface area contributed by atoms with Crippen molar-refractivity contribution in [3.63, 3.8) is 0 Å². The van der Waals surface area contributed by atoms with E-state index in [9.17, 15) is 0 Å². The summed E-state index contributed by atoms with van der Waals surface area (Å²) in [6.45, 7) is 0. The van der Waals surface area contributed by atoms with Crippen LogP contribution in [0.4, 0.5) is 136 Å². The maximum absolute atomic E-state index is 2.33. The summed E-state index contributed by atoms with van der Waals surface area (Å²) in [5.74, 6) is 0. The van der Waals surface area contributed by atoms with E-state index in [1.54, 1.807) is 0 Å². The second kappa shape index (κ2) is 35.6. The molecule has 116 heavy (non-hydrogen) atoms. The normalized spacial score (nSPS) is 10.8. The Balaban J connectivity index is 0.000000167. The van der Waals surface area contributed by atoms with Crippen molar-refractivity contribution in [3.05, 3.63) is 510 Å². The van der Waals surface area contributed by atoms with Crippen LogP contribution < -0.4 is 39.2 Å². The Morgan fingerprint density at radius 1 is 0.0690 bits per heavy atom. The van der Waals surface area contributed by atoms with Gasteiger partial charge in [-0.2, -0.15) is 0 Å². The summed E-state index contributed by atoms with van der Waals surface area (Å²) in [5.41, 5.74) is 26.0. The molecule has 0 N–H and O–H groups in total. The highest BCUT2D eigenvalue weighted by Gasteiger charge is 2.23. The van der Waals surface area contributed by atoms with Crippen LogP contribution in [0.25, 0.3) is 0 Å². The van der Waals surface area contributed by atoms with Crippen molar-refractivity contribution in [2.75, 3.05) is 39.2 Å². The average Bonchev–Trinajstić information content (AvgIpc) is 0.791. The zero-order valence-electron chi connectivity index (χ0n) is 64.1. The van der Waals surface area contributed by atoms with E-state index >= 15 is 0 Å². The van der Waals surface area contributed by atoms with E-state index in [0.29, 0.717) is 0 Å². The molecule has 0 saturated carbocycles. The summed E-state index contributed by atoms with van der Waals surface area (Å²) in [7, 11) is 0. The van der Waals surface area contributed by atoms with Crippen LogP contribution in [0.2, 0.25) is 0 Å². The van der Waals surface area contributed by atoms with E-state index in [0.717, 1.165) is 136 Å². The Kier molecular flexibility index (Phi) is 22.4. The summed E-state index contributed by atoms with van der Waals surface area (Å²) in [4.78, 5) is 18.4. The van der Waals surface area contributed by atoms with Crippen LogP contribution in [0.1, 0.15) is 0 Å². The maximum atomic E-state index is 2.33. The number of para-hydroxylation sites is 12. The lowest BCUT2D eigenvalue weighted by molar-refractivity contribution is 1.23. The van der Waals surface area contributed by atoms with Gasteiger partial charge >= 0.3 is 0 Å². The molecule has 0 bridgehead atoms. The number of anilines is 24. The van der Waals surface area contributed by atoms with Gasteiger partial charge in [-0.05, 0) is 285 Å². The van der Waals surface area contributed by atoms with E-state index < -0.39 is 0 Å². The molecule has 0 aliphatic rings. The fourth-order valence-corrected chi connectivity index (χ4v) is 15.0. The molecule has 0 heterocycles. The first-order chi connectivity index (χ1) is 57.6. The Morgan fingerprint density at radius 2 is 0.147 bits per heavy atom. The molecular weight excluding hydrogens is 1410 g/mol. The second-order valence-corrected chi connectivity index (χ2v) is 27.8. The molecule has 0 unspecified atom stereocenters. The SMILES string of the molecule is c1ccc(N(c2ccccc2)c2ccc(N(c3ccccc3)c3ccc(N(c4ccccc4)c4ccc(N(c5ccccc5)c5ccccc5)cc4)cc3)cc2)cc1.c1ccc(N(c2ccccc2)c2ccc(N(c3ccccc3)c3cccc(N(c4ccccc4)c4ccc(N(c5ccccc5)c5ccccc5)cc4)c3)cc2)cc1. The quantitative estimate of drug-likeness (QED) is 0.0591. The van der Waals surface area contributed by atoms with Gasteiger partial charge in [0.15, 0.2) is 0 Å². The third-order valence-corrected chi connectivity index (χ3v) is 20.3. The number of hydrogen-bond donors (Lipinski definition) is 0. The third kappa shape index (κ3) is 16.7. The first-order valence-electron chi connectivity index (χ1n) is 39.2. The minimum atomic E-state index is 1.05. The van der Waals surface area contributed by atoms with Gasteiger partial charge in [-0.15, -0.1) is 0 Å². The number of hydrogen-bond acceptors (Lipinski definition) is 8. The lowest BCUT2D eigenvalue weighted by Crippen LogP contribution is -2.14. The van der Waals surface area contributed by atoms with Gasteiger partial charge < -0.3 is 39.2 Å². The van der Waals surface area contributed by atoms with Crippen LogP contribution in [0.3, 0.4) is 0 Å². The third-order valence-electron chi connectivity index (χ3n) is 20.3. The smallest absolute Gasteiger partial charge is 0.0482 e. The van der Waals surface area contributed by atoms with Crippen LogP contribution >= 0.6 is 0 Å². The Labute approximate surface area is 680 Å². The van der Waals surface area contributed by atoms with Crippen molar-refractivity contribution >= 4 is 136 Å². The molecule has 0 saturated heterocycles. The van der Waals surface area contributed by atoms with Crippen molar-refractivity contribution in [2.24, 2.45) is 0 Å². The zero-order chi connectivity index (χ0) is 77.9. The van der Waals surface area contributed by atoms with Crippen molar-refractivity contribution in [3.8, 4) is 0 Å². The maximum Gasteiger partial charge on any atom is 0.0482 e. The van der Waals surface area contributed by atoms with E-state index in [4.69, 9.17) is 0 Å². The van der Waals surface area contributed by atoms with Crippen molar-refractivity contribution in [1.82, 2.24) is 0 Å². The predicted molar refractivity (Wildman–Crippen MR) is 490 cm³/mol. The minimum absolute atomic E-state index is 1.05. The van der Waals surface area contributed by atoms with Crippen molar-refractivity contribution in [1.29, 1.82) is 0 Å². The van der Waals surface area contributed by atoms with E-state index in [2.05, 4.69) is 549 Å². The van der Waals surface area contributed by atoms with Gasteiger partial charge in [0.1, 0.15) is 0 Å². The Hall–Kier alpha value is -15.6. The predicted octanol–water partition coefficient (Wildman–Crippen LogP) is 31.1. The molecule has 18 aromatic carbocycles. The van der Waals surface area contributed by atoms with Gasteiger partial charge in [-0.1, -0.05) is 224 Å². The number of rotatable bonds is 24. The summed E-state index contributed by atoms with van der Waals surface area (Å²) < 4.78 is 0. The Bertz CT molecular complexity index is 5490. The van der Waals surface area contributed by atoms with Crippen molar-refractivity contribution in [2.45, 2.75) is 0 Å². The zero-order valence-corrected chi connectivity index (χ0v) is 64.1. The van der Waals surface area contributed by atoms with Gasteiger partial charge in [0, 0.05) is 136 Å². The van der Waals surface area contributed by atoms with Crippen LogP contribution in [-0.4, -0.2) is 0 Å². The van der Waals surface area contributed by atoms with Gasteiger partial charge in [0.2, 0.25) is 0 Å². The molecule has 18 aromatic rings. The largest absolute Gasteiger partial charge is 0.311 e. The van der Waals surface area contributed by atoms with Crippen LogP contribution in [0, 0.1) is 0 Å². The Morgan fingerprint density at radius 3 is 0.250 bits per heavy atom. The monoisotopic (exact) mass is 1490 g/mol. The highest BCUT2D eigenvalue weighted by molar-refractivity contribution is 5.89. The lowest BCUT2D eigenvalue weighted by atomic mass is 10.1. The van der Waals surface area contributed by atoms with Gasteiger partial charge in [-0.25, -0.2) is 0 Å². The fraction of sp³-hybridized carbons (Fsp3) is 0. The van der Waals surface area contributed by atoms with Gasteiger partial charge in [-0.3, -0.25) is 0 Å². The molecule has 0 fully saturated rings. The van der Waals surface area contributed by atoms with Crippen LogP contribution in [0.5, 0.6) is 0 Å². The van der Waals surface area contributed by atoms with Gasteiger partial charge in [0.25, 0.3) is 0 Å². The molecule has 0 atom stereocenters. The van der Waals surface area contributed by atoms with E-state index in [1.165, 1.54) is 0 Å². The molecule has 0 amide bonds. The molecule has 0 spiro atoms. The lowest BCUT2D eigenvalue weighted by Gasteiger charge is -2.30. The summed E-state index contributed by atoms with van der Waals surface area (Å²) in [6, 6.07) is 180.